The van der Waals surface area contributed by atoms with Crippen LogP contribution in [0.3, 0.4) is 0 Å². The van der Waals surface area contributed by atoms with Crippen LogP contribution in [-0.4, -0.2) is 4.98 Å². The van der Waals surface area contributed by atoms with Crippen LogP contribution in [0.2, 0.25) is 0 Å². The molecular formula is C8H4ClF5IN. The van der Waals surface area contributed by atoms with Crippen molar-refractivity contribution < 1.29 is 22.0 Å². The highest BCUT2D eigenvalue weighted by Crippen LogP contribution is 2.39. The molecule has 0 saturated carbocycles. The van der Waals surface area contributed by atoms with E-state index in [4.69, 9.17) is 11.6 Å². The molecule has 0 unspecified atom stereocenters. The van der Waals surface area contributed by atoms with Crippen LogP contribution >= 0.6 is 34.2 Å². The van der Waals surface area contributed by atoms with E-state index in [1.54, 1.807) is 0 Å². The van der Waals surface area contributed by atoms with E-state index in [0.29, 0.717) is 6.20 Å². The van der Waals surface area contributed by atoms with Crippen molar-refractivity contribution >= 4 is 34.2 Å². The minimum atomic E-state index is -4.84. The number of hydrogen-bond acceptors (Lipinski definition) is 1. The van der Waals surface area contributed by atoms with Gasteiger partial charge in [0.05, 0.1) is 17.1 Å². The highest BCUT2D eigenvalue weighted by Gasteiger charge is 2.38. The van der Waals surface area contributed by atoms with Crippen molar-refractivity contribution in [3.8, 4) is 0 Å². The minimum Gasteiger partial charge on any atom is -0.258 e. The molecule has 0 bridgehead atoms. The predicted octanol–water partition coefficient (Wildman–Crippen LogP) is 4.38. The average Bonchev–Trinajstić information content (AvgIpc) is 2.15. The van der Waals surface area contributed by atoms with Crippen molar-refractivity contribution in [2.75, 3.05) is 0 Å². The van der Waals surface area contributed by atoms with Gasteiger partial charge in [-0.05, 0) is 22.6 Å². The maximum Gasteiger partial charge on any atom is 0.418 e. The largest absolute Gasteiger partial charge is 0.418 e. The van der Waals surface area contributed by atoms with Crippen LogP contribution in [0.5, 0.6) is 0 Å². The Bertz CT molecular complexity index is 393. The van der Waals surface area contributed by atoms with E-state index >= 15 is 0 Å². The molecule has 1 rings (SSSR count). The zero-order valence-corrected chi connectivity index (χ0v) is 10.4. The highest BCUT2D eigenvalue weighted by atomic mass is 127. The van der Waals surface area contributed by atoms with Gasteiger partial charge in [-0.2, -0.15) is 13.2 Å². The summed E-state index contributed by atoms with van der Waals surface area (Å²) in [5, 5.41) is 0. The standard InChI is InChI=1S/C8H4ClF5IN/c9-1-4-6(15)5(7(10)11)3(2-16-4)8(12,13)14/h2,7H,1H2. The van der Waals surface area contributed by atoms with Gasteiger partial charge in [0.15, 0.2) is 0 Å². The van der Waals surface area contributed by atoms with E-state index in [0.717, 1.165) is 0 Å². The normalized spacial score (nSPS) is 12.2. The fourth-order valence-electron chi connectivity index (χ4n) is 1.07. The summed E-state index contributed by atoms with van der Waals surface area (Å²) in [6.45, 7) is 0. The summed E-state index contributed by atoms with van der Waals surface area (Å²) >= 11 is 6.78. The molecule has 0 amide bonds. The summed E-state index contributed by atoms with van der Waals surface area (Å²) in [5.74, 6) is -0.212. The molecule has 1 nitrogen and oxygen atoms in total. The van der Waals surface area contributed by atoms with Gasteiger partial charge in [0.25, 0.3) is 6.43 Å². The van der Waals surface area contributed by atoms with E-state index in [-0.39, 0.29) is 15.1 Å². The summed E-state index contributed by atoms with van der Waals surface area (Å²) in [6, 6.07) is 0. The average molecular weight is 371 g/mol. The van der Waals surface area contributed by atoms with E-state index in [9.17, 15) is 22.0 Å². The Balaban J connectivity index is 3.47. The van der Waals surface area contributed by atoms with Crippen LogP contribution in [0.4, 0.5) is 22.0 Å². The van der Waals surface area contributed by atoms with Crippen molar-refractivity contribution in [2.45, 2.75) is 18.5 Å². The molecule has 1 aromatic rings. The number of hydrogen-bond donors (Lipinski definition) is 0. The molecule has 8 heteroatoms. The van der Waals surface area contributed by atoms with Crippen LogP contribution in [0, 0.1) is 3.57 Å². The number of alkyl halides is 6. The second-order valence-corrected chi connectivity index (χ2v) is 4.12. The zero-order chi connectivity index (χ0) is 12.5. The molecule has 0 radical (unpaired) electrons. The Morgan fingerprint density at radius 1 is 1.38 bits per heavy atom. The molecule has 90 valence electrons. The van der Waals surface area contributed by atoms with Crippen LogP contribution in [0.1, 0.15) is 23.2 Å². The lowest BCUT2D eigenvalue weighted by molar-refractivity contribution is -0.139. The number of aromatic nitrogens is 1. The second kappa shape index (κ2) is 4.99. The molecule has 0 aromatic carbocycles. The number of halogens is 7. The molecule has 0 atom stereocenters. The van der Waals surface area contributed by atoms with E-state index in [2.05, 4.69) is 4.98 Å². The summed E-state index contributed by atoms with van der Waals surface area (Å²) < 4.78 is 62.1. The van der Waals surface area contributed by atoms with Gasteiger partial charge in [-0.15, -0.1) is 11.6 Å². The van der Waals surface area contributed by atoms with Gasteiger partial charge in [-0.25, -0.2) is 8.78 Å². The molecule has 16 heavy (non-hydrogen) atoms. The van der Waals surface area contributed by atoms with Gasteiger partial charge in [-0.3, -0.25) is 4.98 Å². The number of rotatable bonds is 2. The fourth-order valence-corrected chi connectivity index (χ4v) is 2.36. The van der Waals surface area contributed by atoms with Gasteiger partial charge in [0.1, 0.15) is 0 Å². The van der Waals surface area contributed by atoms with Gasteiger partial charge >= 0.3 is 6.18 Å². The zero-order valence-electron chi connectivity index (χ0n) is 7.45. The SMILES string of the molecule is FC(F)c1c(C(F)(F)F)cnc(CCl)c1I. The third-order valence-electron chi connectivity index (χ3n) is 1.78. The predicted molar refractivity (Wildman–Crippen MR) is 56.5 cm³/mol. The van der Waals surface area contributed by atoms with Crippen LogP contribution in [0.25, 0.3) is 0 Å². The van der Waals surface area contributed by atoms with Gasteiger partial charge in [0.2, 0.25) is 0 Å². The smallest absolute Gasteiger partial charge is 0.258 e. The molecule has 1 heterocycles. The summed E-state index contributed by atoms with van der Waals surface area (Å²) in [6.07, 6.45) is -7.67. The first-order chi connectivity index (χ1) is 7.29. The topological polar surface area (TPSA) is 12.9 Å². The van der Waals surface area contributed by atoms with Crippen LogP contribution < -0.4 is 0 Å². The van der Waals surface area contributed by atoms with Crippen molar-refractivity contribution in [1.82, 2.24) is 4.98 Å². The maximum atomic E-state index is 12.6. The molecule has 0 aliphatic heterocycles. The third kappa shape index (κ3) is 2.73. The first kappa shape index (κ1) is 13.9. The van der Waals surface area contributed by atoms with Crippen molar-refractivity contribution in [3.63, 3.8) is 0 Å². The molecule has 0 aliphatic rings. The first-order valence-corrected chi connectivity index (χ1v) is 5.49. The van der Waals surface area contributed by atoms with Gasteiger partial charge in [-0.1, -0.05) is 0 Å². The minimum absolute atomic E-state index is 0.0190. The molecule has 0 N–H and O–H groups in total. The van der Waals surface area contributed by atoms with E-state index in [1.165, 1.54) is 22.6 Å². The molecule has 0 aliphatic carbocycles. The van der Waals surface area contributed by atoms with E-state index in [1.807, 2.05) is 0 Å². The first-order valence-electron chi connectivity index (χ1n) is 3.87. The van der Waals surface area contributed by atoms with Crippen LogP contribution in [-0.2, 0) is 12.1 Å². The summed E-state index contributed by atoms with van der Waals surface area (Å²) in [7, 11) is 0. The lowest BCUT2D eigenvalue weighted by Gasteiger charge is -2.14. The molecule has 0 spiro atoms. The Morgan fingerprint density at radius 2 is 1.94 bits per heavy atom. The molecular weight excluding hydrogens is 367 g/mol. The lowest BCUT2D eigenvalue weighted by Crippen LogP contribution is -2.13. The van der Waals surface area contributed by atoms with Gasteiger partial charge < -0.3 is 0 Å². The molecule has 0 saturated heterocycles. The van der Waals surface area contributed by atoms with Crippen LogP contribution in [0.15, 0.2) is 6.20 Å². The number of nitrogens with zero attached hydrogens (tertiary/aromatic N) is 1. The second-order valence-electron chi connectivity index (χ2n) is 2.78. The van der Waals surface area contributed by atoms with Crippen molar-refractivity contribution in [2.24, 2.45) is 0 Å². The Hall–Kier alpha value is -0.180. The summed E-state index contributed by atoms with van der Waals surface area (Å²) in [5.41, 5.74) is -2.45. The maximum absolute atomic E-state index is 12.6. The Morgan fingerprint density at radius 3 is 2.31 bits per heavy atom. The van der Waals surface area contributed by atoms with E-state index < -0.39 is 23.7 Å². The summed E-state index contributed by atoms with van der Waals surface area (Å²) in [4.78, 5) is 3.41. The Kier molecular flexibility index (Phi) is 4.33. The highest BCUT2D eigenvalue weighted by molar-refractivity contribution is 14.1. The quantitative estimate of drug-likeness (QED) is 0.427. The molecule has 1 aromatic heterocycles. The lowest BCUT2D eigenvalue weighted by atomic mass is 10.1. The van der Waals surface area contributed by atoms with Gasteiger partial charge in [0, 0.05) is 15.3 Å². The number of pyridine rings is 1. The van der Waals surface area contributed by atoms with Crippen molar-refractivity contribution in [1.29, 1.82) is 0 Å². The Labute approximate surface area is 106 Å². The van der Waals surface area contributed by atoms with Crippen molar-refractivity contribution in [3.05, 3.63) is 26.6 Å². The monoisotopic (exact) mass is 371 g/mol. The molecule has 0 fully saturated rings. The third-order valence-corrected chi connectivity index (χ3v) is 3.24. The fraction of sp³-hybridized carbons (Fsp3) is 0.375.